The van der Waals surface area contributed by atoms with Crippen LogP contribution in [0.3, 0.4) is 0 Å². The van der Waals surface area contributed by atoms with Crippen LogP contribution in [0.25, 0.3) is 0 Å². The Balaban J connectivity index is 2.38. The molecule has 1 aliphatic rings. The van der Waals surface area contributed by atoms with Crippen LogP contribution in [-0.2, 0) is 9.59 Å². The van der Waals surface area contributed by atoms with E-state index in [0.717, 1.165) is 5.56 Å². The smallest absolute Gasteiger partial charge is 0.233 e. The highest BCUT2D eigenvalue weighted by Crippen LogP contribution is 2.26. The van der Waals surface area contributed by atoms with Gasteiger partial charge in [0.1, 0.15) is 0 Å². The van der Waals surface area contributed by atoms with Gasteiger partial charge in [-0.3, -0.25) is 14.5 Å². The highest BCUT2D eigenvalue weighted by molar-refractivity contribution is 6.32. The van der Waals surface area contributed by atoms with Crippen LogP contribution in [0, 0.1) is 6.92 Å². The number of rotatable bonds is 1. The van der Waals surface area contributed by atoms with Crippen LogP contribution >= 0.6 is 11.6 Å². The second-order valence-corrected chi connectivity index (χ2v) is 4.32. The highest BCUT2D eigenvalue weighted by Gasteiger charge is 2.27. The Labute approximate surface area is 99.0 Å². The molecule has 0 atom stereocenters. The molecule has 1 fully saturated rings. The molecule has 1 aromatic rings. The van der Waals surface area contributed by atoms with Gasteiger partial charge in [0.05, 0.1) is 5.69 Å². The molecule has 0 aromatic heterocycles. The molecule has 1 aromatic carbocycles. The van der Waals surface area contributed by atoms with Crippen LogP contribution in [-0.4, -0.2) is 11.8 Å². The fourth-order valence-corrected chi connectivity index (χ4v) is 1.94. The second kappa shape index (κ2) is 4.26. The van der Waals surface area contributed by atoms with Gasteiger partial charge in [-0.1, -0.05) is 17.7 Å². The van der Waals surface area contributed by atoms with Gasteiger partial charge < -0.3 is 0 Å². The predicted molar refractivity (Wildman–Crippen MR) is 62.5 cm³/mol. The number of halogens is 1. The molecule has 2 amide bonds. The Morgan fingerprint density at radius 1 is 1.19 bits per heavy atom. The number of nitrogens with zero attached hydrogens (tertiary/aromatic N) is 1. The number of imide groups is 1. The lowest BCUT2D eigenvalue weighted by molar-refractivity contribution is -0.129. The number of piperidine rings is 1. The minimum absolute atomic E-state index is 0.142. The summed E-state index contributed by atoms with van der Waals surface area (Å²) in [4.78, 5) is 24.6. The molecule has 4 heteroatoms. The monoisotopic (exact) mass is 237 g/mol. The van der Waals surface area contributed by atoms with E-state index in [0.29, 0.717) is 30.0 Å². The van der Waals surface area contributed by atoms with E-state index in [1.807, 2.05) is 13.0 Å². The molecule has 0 unspecified atom stereocenters. The number of benzene rings is 1. The normalized spacial score (nSPS) is 16.8. The Hall–Kier alpha value is -1.35. The number of carbonyl (C=O) groups excluding carboxylic acids is 2. The average molecular weight is 238 g/mol. The van der Waals surface area contributed by atoms with Gasteiger partial charge in [0.2, 0.25) is 11.8 Å². The molecule has 1 aliphatic heterocycles. The molecule has 0 N–H and O–H groups in total. The highest BCUT2D eigenvalue weighted by atomic mass is 35.5. The largest absolute Gasteiger partial charge is 0.274 e. The first-order chi connectivity index (χ1) is 7.59. The predicted octanol–water partition coefficient (Wildman–Crippen LogP) is 2.69. The van der Waals surface area contributed by atoms with Gasteiger partial charge >= 0.3 is 0 Å². The molecular formula is C12H12ClNO2. The summed E-state index contributed by atoms with van der Waals surface area (Å²) in [5.74, 6) is -0.285. The van der Waals surface area contributed by atoms with Gasteiger partial charge in [0.15, 0.2) is 0 Å². The zero-order chi connectivity index (χ0) is 11.7. The second-order valence-electron chi connectivity index (χ2n) is 3.91. The molecule has 0 aliphatic carbocycles. The van der Waals surface area contributed by atoms with Gasteiger partial charge in [-0.05, 0) is 31.0 Å². The molecule has 3 nitrogen and oxygen atoms in total. The van der Waals surface area contributed by atoms with Crippen molar-refractivity contribution in [3.05, 3.63) is 28.8 Å². The fourth-order valence-electron chi connectivity index (χ4n) is 1.76. The molecule has 16 heavy (non-hydrogen) atoms. The van der Waals surface area contributed by atoms with Crippen molar-refractivity contribution >= 4 is 29.1 Å². The van der Waals surface area contributed by atoms with E-state index in [9.17, 15) is 9.59 Å². The third-order valence-corrected chi connectivity index (χ3v) is 3.10. The molecule has 0 radical (unpaired) electrons. The van der Waals surface area contributed by atoms with Crippen LogP contribution in [0.4, 0.5) is 5.69 Å². The maximum Gasteiger partial charge on any atom is 0.233 e. The standard InChI is InChI=1S/C12H12ClNO2/c1-8-5-6-9(7-10(8)13)14-11(15)3-2-4-12(14)16/h5-7H,2-4H2,1H3. The third-order valence-electron chi connectivity index (χ3n) is 2.69. The van der Waals surface area contributed by atoms with Gasteiger partial charge in [0, 0.05) is 17.9 Å². The maximum absolute atomic E-state index is 11.7. The summed E-state index contributed by atoms with van der Waals surface area (Å²) < 4.78 is 0. The van der Waals surface area contributed by atoms with E-state index >= 15 is 0 Å². The molecule has 1 heterocycles. The van der Waals surface area contributed by atoms with Gasteiger partial charge in [-0.2, -0.15) is 0 Å². The van der Waals surface area contributed by atoms with Gasteiger partial charge in [0.25, 0.3) is 0 Å². The lowest BCUT2D eigenvalue weighted by Gasteiger charge is -2.25. The van der Waals surface area contributed by atoms with Crippen LogP contribution in [0.5, 0.6) is 0 Å². The van der Waals surface area contributed by atoms with E-state index in [-0.39, 0.29) is 11.8 Å². The maximum atomic E-state index is 11.7. The summed E-state index contributed by atoms with van der Waals surface area (Å²) in [6.07, 6.45) is 1.50. The summed E-state index contributed by atoms with van der Waals surface area (Å²) in [6.45, 7) is 1.88. The molecule has 84 valence electrons. The first-order valence-electron chi connectivity index (χ1n) is 5.21. The SMILES string of the molecule is Cc1ccc(N2C(=O)CCCC2=O)cc1Cl. The number of anilines is 1. The minimum atomic E-state index is -0.142. The Morgan fingerprint density at radius 2 is 1.81 bits per heavy atom. The number of hydrogen-bond donors (Lipinski definition) is 0. The van der Waals surface area contributed by atoms with Crippen molar-refractivity contribution in [2.75, 3.05) is 4.90 Å². The average Bonchev–Trinajstić information content (AvgIpc) is 2.23. The van der Waals surface area contributed by atoms with Crippen molar-refractivity contribution in [1.82, 2.24) is 0 Å². The topological polar surface area (TPSA) is 37.4 Å². The first kappa shape index (κ1) is 11.1. The third kappa shape index (κ3) is 1.95. The molecular weight excluding hydrogens is 226 g/mol. The molecule has 0 bridgehead atoms. The summed E-state index contributed by atoms with van der Waals surface area (Å²) in [6, 6.07) is 5.23. The number of amides is 2. The van der Waals surface area contributed by atoms with Crippen LogP contribution < -0.4 is 4.90 Å². The molecule has 0 saturated carbocycles. The van der Waals surface area contributed by atoms with Gasteiger partial charge in [-0.25, -0.2) is 0 Å². The van der Waals surface area contributed by atoms with Crippen molar-refractivity contribution in [3.63, 3.8) is 0 Å². The number of hydrogen-bond acceptors (Lipinski definition) is 2. The van der Waals surface area contributed by atoms with Crippen molar-refractivity contribution < 1.29 is 9.59 Å². The lowest BCUT2D eigenvalue weighted by Crippen LogP contribution is -2.40. The van der Waals surface area contributed by atoms with E-state index in [1.165, 1.54) is 4.90 Å². The zero-order valence-corrected chi connectivity index (χ0v) is 9.75. The Bertz CT molecular complexity index is 440. The summed E-state index contributed by atoms with van der Waals surface area (Å²) in [5, 5.41) is 0.573. The summed E-state index contributed by atoms with van der Waals surface area (Å²) in [5.41, 5.74) is 1.51. The minimum Gasteiger partial charge on any atom is -0.274 e. The Kier molecular flexibility index (Phi) is 2.97. The van der Waals surface area contributed by atoms with Crippen molar-refractivity contribution in [1.29, 1.82) is 0 Å². The molecule has 1 saturated heterocycles. The van der Waals surface area contributed by atoms with Crippen LogP contribution in [0.1, 0.15) is 24.8 Å². The zero-order valence-electron chi connectivity index (χ0n) is 9.00. The van der Waals surface area contributed by atoms with E-state index in [4.69, 9.17) is 11.6 Å². The van der Waals surface area contributed by atoms with E-state index in [1.54, 1.807) is 12.1 Å². The molecule has 0 spiro atoms. The summed E-state index contributed by atoms with van der Waals surface area (Å²) >= 11 is 5.98. The van der Waals surface area contributed by atoms with Crippen LogP contribution in [0.15, 0.2) is 18.2 Å². The number of aryl methyl sites for hydroxylation is 1. The van der Waals surface area contributed by atoms with Crippen molar-refractivity contribution in [3.8, 4) is 0 Å². The molecule has 2 rings (SSSR count). The van der Waals surface area contributed by atoms with E-state index in [2.05, 4.69) is 0 Å². The Morgan fingerprint density at radius 3 is 2.38 bits per heavy atom. The lowest BCUT2D eigenvalue weighted by atomic mass is 10.1. The van der Waals surface area contributed by atoms with Crippen LogP contribution in [0.2, 0.25) is 5.02 Å². The first-order valence-corrected chi connectivity index (χ1v) is 5.59. The van der Waals surface area contributed by atoms with Crippen molar-refractivity contribution in [2.45, 2.75) is 26.2 Å². The van der Waals surface area contributed by atoms with Gasteiger partial charge in [-0.15, -0.1) is 0 Å². The van der Waals surface area contributed by atoms with Crippen molar-refractivity contribution in [2.24, 2.45) is 0 Å². The quantitative estimate of drug-likeness (QED) is 0.705. The number of carbonyl (C=O) groups is 2. The fraction of sp³-hybridized carbons (Fsp3) is 0.333. The summed E-state index contributed by atoms with van der Waals surface area (Å²) in [7, 11) is 0. The van der Waals surface area contributed by atoms with E-state index < -0.39 is 0 Å².